The second-order valence-electron chi connectivity index (χ2n) is 8.18. The molecule has 1 aromatic carbocycles. The number of rotatable bonds is 5. The van der Waals surface area contributed by atoms with Crippen LogP contribution in [0.1, 0.15) is 38.8 Å². The number of hydrogen-bond donors (Lipinski definition) is 1. The van der Waals surface area contributed by atoms with Crippen LogP contribution in [-0.2, 0) is 0 Å². The summed E-state index contributed by atoms with van der Waals surface area (Å²) in [6, 6.07) is 10.5. The van der Waals surface area contributed by atoms with Gasteiger partial charge in [0.05, 0.1) is 6.04 Å². The number of amides is 1. The number of nitrogens with one attached hydrogen (secondary N) is 1. The fourth-order valence-electron chi connectivity index (χ4n) is 3.65. The molecule has 165 valence electrons. The molecule has 3 heterocycles. The zero-order chi connectivity index (χ0) is 22.2. The fourth-order valence-corrected chi connectivity index (χ4v) is 3.65. The molecular formula is C23H34BN6O. The molecule has 4 rings (SSSR count). The van der Waals surface area contributed by atoms with Gasteiger partial charge in [0.15, 0.2) is 5.81 Å². The molecule has 1 amide bonds. The minimum absolute atomic E-state index is 0.0113. The van der Waals surface area contributed by atoms with Crippen molar-refractivity contribution >= 4 is 30.5 Å². The van der Waals surface area contributed by atoms with E-state index < -0.39 is 0 Å². The van der Waals surface area contributed by atoms with Crippen molar-refractivity contribution in [2.75, 3.05) is 54.9 Å². The second-order valence-corrected chi connectivity index (χ2v) is 8.18. The zero-order valence-electron chi connectivity index (χ0n) is 19.2. The summed E-state index contributed by atoms with van der Waals surface area (Å²) in [5.74, 6) is 1.19. The number of nitrogens with zero attached hydrogens (tertiary/aromatic N) is 5. The van der Waals surface area contributed by atoms with Gasteiger partial charge < -0.3 is 20.0 Å². The highest BCUT2D eigenvalue weighted by molar-refractivity contribution is 6.77. The highest BCUT2D eigenvalue weighted by Gasteiger charge is 2.24. The van der Waals surface area contributed by atoms with Crippen LogP contribution in [0.2, 0.25) is 6.32 Å². The Balaban J connectivity index is 0.000000858. The van der Waals surface area contributed by atoms with Gasteiger partial charge in [-0.25, -0.2) is 4.98 Å². The minimum Gasteiger partial charge on any atom is -0.369 e. The van der Waals surface area contributed by atoms with E-state index in [2.05, 4.69) is 77.2 Å². The summed E-state index contributed by atoms with van der Waals surface area (Å²) in [5, 5.41) is 3.35. The number of benzene rings is 1. The Kier molecular flexibility index (Phi) is 8.29. The van der Waals surface area contributed by atoms with Gasteiger partial charge in [-0.1, -0.05) is 38.7 Å². The number of anilines is 3. The quantitative estimate of drug-likeness (QED) is 0.740. The van der Waals surface area contributed by atoms with Crippen LogP contribution < -0.4 is 15.1 Å². The summed E-state index contributed by atoms with van der Waals surface area (Å²) in [5.41, 5.74) is 2.45. The molecule has 8 heteroatoms. The molecule has 0 saturated carbocycles. The fraction of sp³-hybridized carbons (Fsp3) is 0.522. The number of likely N-dealkylation sites (N-methyl/N-ethyl adjacent to an activating group) is 1. The third kappa shape index (κ3) is 6.20. The molecule has 0 aliphatic carbocycles. The Hall–Kier alpha value is -2.61. The highest BCUT2D eigenvalue weighted by atomic mass is 16.2. The maximum atomic E-state index is 11.9. The Labute approximate surface area is 187 Å². The summed E-state index contributed by atoms with van der Waals surface area (Å²) in [6.45, 7) is 11.4. The summed E-state index contributed by atoms with van der Waals surface area (Å²) in [6.07, 6.45) is 3.71. The lowest BCUT2D eigenvalue weighted by molar-refractivity contribution is 0.265. The Morgan fingerprint density at radius 2 is 1.74 bits per heavy atom. The molecule has 2 aliphatic heterocycles. The molecule has 2 aliphatic rings. The molecule has 1 radical (unpaired) electrons. The standard InChI is InChI=1S/C20H26BN6O.C3H8/c1-15(16-3-5-17(6-4-16)26-13-11-25(2)12-14-26)23-20-22-9-7-18(24-20)27-10-8-21-19(27)28;1-3-2/h3-7,9,15H,8,10-14H2,1-2H3,(H,22,23,24);3H2,1-2H3. The summed E-state index contributed by atoms with van der Waals surface area (Å²) in [4.78, 5) is 27.2. The molecule has 31 heavy (non-hydrogen) atoms. The molecular weight excluding hydrogens is 387 g/mol. The van der Waals surface area contributed by atoms with E-state index in [1.54, 1.807) is 24.4 Å². The van der Waals surface area contributed by atoms with Crippen LogP contribution in [0.4, 0.5) is 22.2 Å². The maximum absolute atomic E-state index is 11.9. The third-order valence-corrected chi connectivity index (χ3v) is 5.46. The van der Waals surface area contributed by atoms with E-state index in [4.69, 9.17) is 0 Å². The van der Waals surface area contributed by atoms with Gasteiger partial charge >= 0.3 is 0 Å². The van der Waals surface area contributed by atoms with Gasteiger partial charge in [0.2, 0.25) is 13.2 Å². The minimum atomic E-state index is 0.0113. The van der Waals surface area contributed by atoms with E-state index in [1.807, 2.05) is 0 Å². The molecule has 1 atom stereocenters. The van der Waals surface area contributed by atoms with Crippen LogP contribution in [0.25, 0.3) is 0 Å². The van der Waals surface area contributed by atoms with Gasteiger partial charge in [-0.3, -0.25) is 4.79 Å². The smallest absolute Gasteiger partial charge is 0.235 e. The van der Waals surface area contributed by atoms with Crippen LogP contribution in [0.3, 0.4) is 0 Å². The van der Waals surface area contributed by atoms with Crippen molar-refractivity contribution in [3.8, 4) is 0 Å². The van der Waals surface area contributed by atoms with Gasteiger partial charge in [-0.15, -0.1) is 0 Å². The Morgan fingerprint density at radius 1 is 1.06 bits per heavy atom. The van der Waals surface area contributed by atoms with Crippen molar-refractivity contribution in [1.82, 2.24) is 14.9 Å². The molecule has 1 N–H and O–H groups in total. The van der Waals surface area contributed by atoms with Gasteiger partial charge in [0.25, 0.3) is 0 Å². The Morgan fingerprint density at radius 3 is 2.35 bits per heavy atom. The van der Waals surface area contributed by atoms with Crippen molar-refractivity contribution in [1.29, 1.82) is 0 Å². The zero-order valence-corrected chi connectivity index (χ0v) is 19.2. The van der Waals surface area contributed by atoms with Crippen molar-refractivity contribution < 1.29 is 4.79 Å². The van der Waals surface area contributed by atoms with Crippen LogP contribution in [0.15, 0.2) is 36.5 Å². The van der Waals surface area contributed by atoms with E-state index in [0.717, 1.165) is 32.5 Å². The topological polar surface area (TPSA) is 64.6 Å². The average molecular weight is 421 g/mol. The first-order valence-electron chi connectivity index (χ1n) is 11.3. The predicted molar refractivity (Wildman–Crippen MR) is 129 cm³/mol. The van der Waals surface area contributed by atoms with Gasteiger partial charge in [-0.2, -0.15) is 4.98 Å². The summed E-state index contributed by atoms with van der Waals surface area (Å²) >= 11 is 0. The Bertz CT molecular complexity index is 838. The lowest BCUT2D eigenvalue weighted by atomic mass is 9.77. The monoisotopic (exact) mass is 421 g/mol. The van der Waals surface area contributed by atoms with Crippen molar-refractivity contribution in [3.63, 3.8) is 0 Å². The second kappa shape index (κ2) is 11.1. The van der Waals surface area contributed by atoms with Crippen molar-refractivity contribution in [3.05, 3.63) is 42.1 Å². The molecule has 0 bridgehead atoms. The molecule has 1 unspecified atom stereocenters. The highest BCUT2D eigenvalue weighted by Crippen LogP contribution is 2.23. The van der Waals surface area contributed by atoms with E-state index in [-0.39, 0.29) is 11.8 Å². The lowest BCUT2D eigenvalue weighted by Crippen LogP contribution is -2.44. The van der Waals surface area contributed by atoms with E-state index >= 15 is 0 Å². The van der Waals surface area contributed by atoms with E-state index in [0.29, 0.717) is 18.3 Å². The van der Waals surface area contributed by atoms with E-state index in [9.17, 15) is 4.79 Å². The normalized spacial score (nSPS) is 17.6. The summed E-state index contributed by atoms with van der Waals surface area (Å²) in [7, 11) is 3.86. The molecule has 2 saturated heterocycles. The molecule has 2 aromatic rings. The number of hydrogen-bond acceptors (Lipinski definition) is 6. The van der Waals surface area contributed by atoms with E-state index in [1.165, 1.54) is 17.7 Å². The molecule has 2 fully saturated rings. The molecule has 0 spiro atoms. The SMILES string of the molecule is CC(Nc1nccc(N2CC[B]C2=O)n1)c1ccc(N2CCN(C)CC2)cc1.CCC. The first kappa shape index (κ1) is 23.1. The third-order valence-electron chi connectivity index (χ3n) is 5.46. The van der Waals surface area contributed by atoms with Crippen LogP contribution in [-0.4, -0.2) is 67.7 Å². The first-order chi connectivity index (χ1) is 15.0. The first-order valence-corrected chi connectivity index (χ1v) is 11.3. The van der Waals surface area contributed by atoms with Crippen LogP contribution in [0.5, 0.6) is 0 Å². The van der Waals surface area contributed by atoms with Crippen LogP contribution in [0, 0.1) is 0 Å². The molecule has 7 nitrogen and oxygen atoms in total. The number of carbonyl (C=O) groups excluding carboxylic acids is 1. The number of piperazine rings is 1. The summed E-state index contributed by atoms with van der Waals surface area (Å²) < 4.78 is 0. The largest absolute Gasteiger partial charge is 0.369 e. The average Bonchev–Trinajstić information content (AvgIpc) is 3.21. The van der Waals surface area contributed by atoms with Crippen molar-refractivity contribution in [2.24, 2.45) is 0 Å². The van der Waals surface area contributed by atoms with Crippen LogP contribution >= 0.6 is 0 Å². The van der Waals surface area contributed by atoms with Gasteiger partial charge in [-0.05, 0) is 37.7 Å². The maximum Gasteiger partial charge on any atom is 0.235 e. The van der Waals surface area contributed by atoms with Gasteiger partial charge in [0.1, 0.15) is 5.82 Å². The molecule has 1 aromatic heterocycles. The number of aromatic nitrogens is 2. The predicted octanol–water partition coefficient (Wildman–Crippen LogP) is 3.88. The van der Waals surface area contributed by atoms with Gasteiger partial charge in [0, 0.05) is 44.6 Å². The lowest BCUT2D eigenvalue weighted by Gasteiger charge is -2.34. The number of carbonyl (C=O) groups is 1. The van der Waals surface area contributed by atoms with Crippen molar-refractivity contribution in [2.45, 2.75) is 39.6 Å².